The van der Waals surface area contributed by atoms with Crippen LogP contribution in [0.4, 0.5) is 0 Å². The highest BCUT2D eigenvalue weighted by Crippen LogP contribution is 2.38. The summed E-state index contributed by atoms with van der Waals surface area (Å²) in [5.74, 6) is 1.97. The lowest BCUT2D eigenvalue weighted by atomic mass is 10.1. The predicted molar refractivity (Wildman–Crippen MR) is 55.6 cm³/mol. The molecule has 1 aliphatic rings. The average molecular weight is 208 g/mol. The minimum Gasteiger partial charge on any atom is -0.507 e. The summed E-state index contributed by atoms with van der Waals surface area (Å²) in [5, 5.41) is 9.63. The lowest BCUT2D eigenvalue weighted by Gasteiger charge is -2.15. The zero-order valence-corrected chi connectivity index (χ0v) is 8.61. The largest absolute Gasteiger partial charge is 0.507 e. The second-order valence-corrected chi connectivity index (χ2v) is 3.10. The van der Waals surface area contributed by atoms with Gasteiger partial charge in [-0.2, -0.15) is 0 Å². The second-order valence-electron chi connectivity index (χ2n) is 3.10. The molecule has 1 heterocycles. The normalized spacial score (nSPS) is 13.6. The number of aliphatic hydroxyl groups is 1. The summed E-state index contributed by atoms with van der Waals surface area (Å²) < 4.78 is 15.6. The molecule has 0 fully saturated rings. The van der Waals surface area contributed by atoms with E-state index in [1.54, 1.807) is 32.4 Å². The fourth-order valence-corrected chi connectivity index (χ4v) is 1.50. The van der Waals surface area contributed by atoms with E-state index in [-0.39, 0.29) is 5.76 Å². The summed E-state index contributed by atoms with van der Waals surface area (Å²) in [7, 11) is 3.11. The number of fused-ring (bicyclic) bond motifs is 1. The number of methoxy groups -OCH3 is 2. The molecule has 1 radical (unpaired) electrons. The number of rotatable bonds is 2. The molecule has 0 spiro atoms. The Kier molecular flexibility index (Phi) is 2.41. The maximum atomic E-state index is 9.63. The van der Waals surface area contributed by atoms with Crippen molar-refractivity contribution in [3.8, 4) is 17.2 Å². The highest BCUT2D eigenvalue weighted by atomic mass is 16.5. The minimum absolute atomic E-state index is 0.206. The third-order valence-corrected chi connectivity index (χ3v) is 2.28. The molecule has 1 N–H and O–H groups in total. The number of benzene rings is 1. The van der Waals surface area contributed by atoms with Crippen molar-refractivity contribution < 1.29 is 19.3 Å². The van der Waals surface area contributed by atoms with Gasteiger partial charge < -0.3 is 14.6 Å². The third kappa shape index (κ3) is 1.58. The Morgan fingerprint density at radius 3 is 2.93 bits per heavy atom. The molecule has 79 valence electrons. The Morgan fingerprint density at radius 1 is 1.47 bits per heavy atom. The van der Waals surface area contributed by atoms with Crippen LogP contribution >= 0.6 is 0 Å². The number of ether oxygens (including phenoxy) is 3. The lowest BCUT2D eigenvalue weighted by molar-refractivity contribution is 0.329. The monoisotopic (exact) mass is 208 g/mol. The summed E-state index contributed by atoms with van der Waals surface area (Å²) in [4.78, 5) is 0. The van der Waals surface area contributed by atoms with Gasteiger partial charge in [0.05, 0.1) is 18.7 Å². The van der Waals surface area contributed by atoms with Crippen LogP contribution in [0.5, 0.6) is 17.2 Å². The Morgan fingerprint density at radius 2 is 2.27 bits per heavy atom. The fourth-order valence-electron chi connectivity index (χ4n) is 1.50. The first-order chi connectivity index (χ1) is 7.26. The van der Waals surface area contributed by atoms with Gasteiger partial charge in [0.1, 0.15) is 18.1 Å². The molecule has 0 saturated heterocycles. The van der Waals surface area contributed by atoms with Gasteiger partial charge in [0.2, 0.25) is 5.75 Å². The molecule has 1 aromatic carbocycles. The molecule has 1 aromatic rings. The molecule has 1 aliphatic heterocycles. The Balaban J connectivity index is 2.55. The van der Waals surface area contributed by atoms with Crippen molar-refractivity contribution in [1.82, 2.24) is 0 Å². The summed E-state index contributed by atoms with van der Waals surface area (Å²) in [6.07, 6.45) is 1.61. The fraction of sp³-hybridized carbons (Fsp3) is 0.273. The summed E-state index contributed by atoms with van der Waals surface area (Å²) in [6.45, 7) is 0.369. The molecule has 0 amide bonds. The van der Waals surface area contributed by atoms with E-state index in [4.69, 9.17) is 14.2 Å². The molecule has 0 unspecified atom stereocenters. The maximum Gasteiger partial charge on any atom is 0.385 e. The number of hydrogen-bond donors (Lipinski definition) is 1. The zero-order valence-electron chi connectivity index (χ0n) is 8.61. The van der Waals surface area contributed by atoms with Crippen molar-refractivity contribution in [2.24, 2.45) is 0 Å². The molecule has 0 aliphatic carbocycles. The smallest absolute Gasteiger partial charge is 0.385 e. The topological polar surface area (TPSA) is 50.0 Å². The van der Waals surface area contributed by atoms with Crippen molar-refractivity contribution in [2.45, 2.75) is 0 Å². The SMILES string of the molecule is COc1cc2c(cc1[O+]C)C(O)=CCO2. The molecule has 0 saturated carbocycles. The van der Waals surface area contributed by atoms with Crippen LogP contribution < -0.4 is 14.2 Å². The van der Waals surface area contributed by atoms with E-state index in [2.05, 4.69) is 0 Å². The van der Waals surface area contributed by atoms with E-state index in [1.165, 1.54) is 0 Å². The summed E-state index contributed by atoms with van der Waals surface area (Å²) >= 11 is 0. The Bertz CT molecular complexity index is 409. The lowest BCUT2D eigenvalue weighted by Crippen LogP contribution is -2.05. The first-order valence-corrected chi connectivity index (χ1v) is 4.54. The van der Waals surface area contributed by atoms with Gasteiger partial charge in [-0.3, -0.25) is 4.74 Å². The van der Waals surface area contributed by atoms with Crippen LogP contribution in [0.25, 0.3) is 5.76 Å². The van der Waals surface area contributed by atoms with Gasteiger partial charge in [-0.15, -0.1) is 0 Å². The summed E-state index contributed by atoms with van der Waals surface area (Å²) in [6, 6.07) is 3.40. The van der Waals surface area contributed by atoms with Crippen LogP contribution in [0, 0.1) is 0 Å². The van der Waals surface area contributed by atoms with E-state index in [0.717, 1.165) is 0 Å². The van der Waals surface area contributed by atoms with E-state index in [9.17, 15) is 5.11 Å². The Labute approximate surface area is 87.7 Å². The second kappa shape index (κ2) is 3.73. The molecule has 0 atom stereocenters. The molecule has 15 heavy (non-hydrogen) atoms. The van der Waals surface area contributed by atoms with Gasteiger partial charge >= 0.3 is 5.75 Å². The van der Waals surface area contributed by atoms with Crippen LogP contribution in [0.1, 0.15) is 5.56 Å². The Hall–Kier alpha value is -1.84. The standard InChI is InChI=1S/C11H12O4/c1-13-10-5-7-8(12)3-4-15-9(7)6-11(10)14-2/h3,5-6,12H,4H2,1-2H3/q+1. The molecular formula is C11H12O4+. The van der Waals surface area contributed by atoms with Crippen molar-refractivity contribution in [1.29, 1.82) is 0 Å². The number of aliphatic hydroxyl groups excluding tert-OH is 1. The van der Waals surface area contributed by atoms with Crippen molar-refractivity contribution in [3.63, 3.8) is 0 Å². The maximum absolute atomic E-state index is 9.63. The van der Waals surface area contributed by atoms with Crippen molar-refractivity contribution in [2.75, 3.05) is 20.8 Å². The van der Waals surface area contributed by atoms with E-state index in [0.29, 0.717) is 29.4 Å². The first kappa shape index (κ1) is 9.71. The minimum atomic E-state index is 0.206. The molecular weight excluding hydrogens is 196 g/mol. The quantitative estimate of drug-likeness (QED) is 0.755. The van der Waals surface area contributed by atoms with Crippen LogP contribution in [0.15, 0.2) is 18.2 Å². The molecule has 4 heteroatoms. The van der Waals surface area contributed by atoms with E-state index < -0.39 is 0 Å². The van der Waals surface area contributed by atoms with Gasteiger partial charge in [-0.05, 0) is 6.08 Å². The van der Waals surface area contributed by atoms with Crippen LogP contribution in [-0.4, -0.2) is 25.9 Å². The van der Waals surface area contributed by atoms with Gasteiger partial charge in [-0.25, -0.2) is 0 Å². The van der Waals surface area contributed by atoms with E-state index >= 15 is 0 Å². The first-order valence-electron chi connectivity index (χ1n) is 4.54. The third-order valence-electron chi connectivity index (χ3n) is 2.28. The van der Waals surface area contributed by atoms with Crippen molar-refractivity contribution >= 4 is 5.76 Å². The van der Waals surface area contributed by atoms with Gasteiger partial charge in [0.25, 0.3) is 7.11 Å². The molecule has 4 nitrogen and oxygen atoms in total. The zero-order chi connectivity index (χ0) is 10.8. The van der Waals surface area contributed by atoms with Gasteiger partial charge in [0, 0.05) is 6.07 Å². The predicted octanol–water partition coefficient (Wildman–Crippen LogP) is 2.00. The molecule has 0 aromatic heterocycles. The number of hydrogen-bond acceptors (Lipinski definition) is 4. The molecule has 2 rings (SSSR count). The summed E-state index contributed by atoms with van der Waals surface area (Å²) in [5.41, 5.74) is 0.624. The van der Waals surface area contributed by atoms with Crippen LogP contribution in [-0.2, 0) is 0 Å². The van der Waals surface area contributed by atoms with E-state index in [1.807, 2.05) is 0 Å². The van der Waals surface area contributed by atoms with Crippen molar-refractivity contribution in [3.05, 3.63) is 23.8 Å². The van der Waals surface area contributed by atoms with Gasteiger partial charge in [-0.1, -0.05) is 0 Å². The van der Waals surface area contributed by atoms with Crippen LogP contribution in [0.2, 0.25) is 0 Å². The molecule has 0 bridgehead atoms. The highest BCUT2D eigenvalue weighted by Gasteiger charge is 2.22. The van der Waals surface area contributed by atoms with Crippen LogP contribution in [0.3, 0.4) is 0 Å². The average Bonchev–Trinajstić information content (AvgIpc) is 2.28. The highest BCUT2D eigenvalue weighted by molar-refractivity contribution is 5.70. The van der Waals surface area contributed by atoms with Gasteiger partial charge in [0.15, 0.2) is 0 Å².